The summed E-state index contributed by atoms with van der Waals surface area (Å²) in [6, 6.07) is 2.08. The molecule has 0 unspecified atom stereocenters. The van der Waals surface area contributed by atoms with E-state index in [9.17, 15) is 0 Å². The van der Waals surface area contributed by atoms with Gasteiger partial charge in [0.25, 0.3) is 0 Å². The summed E-state index contributed by atoms with van der Waals surface area (Å²) in [5.74, 6) is 0. The lowest BCUT2D eigenvalue weighted by Crippen LogP contribution is -2.11. The van der Waals surface area contributed by atoms with Gasteiger partial charge in [-0.05, 0) is 24.5 Å². The quantitative estimate of drug-likeness (QED) is 0.637. The van der Waals surface area contributed by atoms with E-state index in [0.29, 0.717) is 0 Å². The topological polar surface area (TPSA) is 24.9 Å². The van der Waals surface area contributed by atoms with Crippen molar-refractivity contribution in [2.24, 2.45) is 0 Å². The summed E-state index contributed by atoms with van der Waals surface area (Å²) >= 11 is 0. The molecule has 0 radical (unpaired) electrons. The molecule has 1 N–H and O–H groups in total. The lowest BCUT2D eigenvalue weighted by atomic mass is 10.1. The lowest BCUT2D eigenvalue weighted by molar-refractivity contribution is 0.826. The first-order valence-electron chi connectivity index (χ1n) is 4.63. The van der Waals surface area contributed by atoms with Crippen molar-refractivity contribution in [2.45, 2.75) is 26.7 Å². The highest BCUT2D eigenvalue weighted by atomic mass is 14.9. The lowest BCUT2D eigenvalue weighted by Gasteiger charge is -2.15. The van der Waals surface area contributed by atoms with Crippen LogP contribution in [0.3, 0.4) is 0 Å². The van der Waals surface area contributed by atoms with Gasteiger partial charge < -0.3 is 5.32 Å². The van der Waals surface area contributed by atoms with Crippen LogP contribution in [0.1, 0.15) is 25.8 Å². The predicted octanol–water partition coefficient (Wildman–Crippen LogP) is 2.47. The second kappa shape index (κ2) is 4.75. The molecule has 1 aromatic rings. The van der Waals surface area contributed by atoms with Crippen molar-refractivity contribution in [1.82, 2.24) is 4.98 Å². The van der Waals surface area contributed by atoms with Crippen LogP contribution in [0.25, 0.3) is 0 Å². The van der Waals surface area contributed by atoms with Gasteiger partial charge in [-0.2, -0.15) is 0 Å². The van der Waals surface area contributed by atoms with Gasteiger partial charge in [-0.1, -0.05) is 13.8 Å². The van der Waals surface area contributed by atoms with Gasteiger partial charge >= 0.3 is 0 Å². The average molecular weight is 164 g/mol. The number of nitrogens with zero attached hydrogens (tertiary/aromatic N) is 1. The molecular formula is C10H16N2. The van der Waals surface area contributed by atoms with Gasteiger partial charge in [0.2, 0.25) is 0 Å². The zero-order valence-electron chi connectivity index (χ0n) is 7.80. The van der Waals surface area contributed by atoms with Crippen LogP contribution in [0.4, 0.5) is 5.69 Å². The Morgan fingerprint density at radius 3 is 3.00 bits per heavy atom. The number of fused-ring (bicyclic) bond motifs is 1. The van der Waals surface area contributed by atoms with Gasteiger partial charge in [-0.25, -0.2) is 0 Å². The van der Waals surface area contributed by atoms with Crippen molar-refractivity contribution in [1.29, 1.82) is 0 Å². The molecule has 0 fully saturated rings. The van der Waals surface area contributed by atoms with E-state index in [4.69, 9.17) is 0 Å². The van der Waals surface area contributed by atoms with Crippen molar-refractivity contribution in [2.75, 3.05) is 11.9 Å². The molecule has 2 nitrogen and oxygen atoms in total. The van der Waals surface area contributed by atoms with Crippen LogP contribution in [0.2, 0.25) is 0 Å². The Bertz CT molecular complexity index is 208. The number of aromatic nitrogens is 1. The number of rotatable bonds is 0. The van der Waals surface area contributed by atoms with Crippen molar-refractivity contribution in [3.05, 3.63) is 24.0 Å². The Kier molecular flexibility index (Phi) is 3.58. The Labute approximate surface area is 74.0 Å². The van der Waals surface area contributed by atoms with Crippen LogP contribution >= 0.6 is 0 Å². The standard InChI is InChI=1S/C8H10N2.C2H6/c1-2-7-3-5-9-6-8(7)10-4-1;1-2/h3,5-6,10H,1-2,4H2;1-2H3. The molecule has 0 bridgehead atoms. The van der Waals surface area contributed by atoms with Crippen LogP contribution in [-0.4, -0.2) is 11.5 Å². The monoisotopic (exact) mass is 164 g/mol. The summed E-state index contributed by atoms with van der Waals surface area (Å²) in [5, 5.41) is 3.30. The highest BCUT2D eigenvalue weighted by molar-refractivity contribution is 5.50. The predicted molar refractivity (Wildman–Crippen MR) is 52.4 cm³/mol. The minimum absolute atomic E-state index is 1.10. The van der Waals surface area contributed by atoms with Crippen LogP contribution in [0.15, 0.2) is 18.5 Å². The minimum atomic E-state index is 1.10. The molecule has 12 heavy (non-hydrogen) atoms. The maximum atomic E-state index is 4.04. The third kappa shape index (κ3) is 1.97. The van der Waals surface area contributed by atoms with Gasteiger partial charge in [0, 0.05) is 12.7 Å². The highest BCUT2D eigenvalue weighted by Gasteiger charge is 2.05. The summed E-state index contributed by atoms with van der Waals surface area (Å²) < 4.78 is 0. The summed E-state index contributed by atoms with van der Waals surface area (Å²) in [6.07, 6.45) is 6.20. The molecule has 66 valence electrons. The third-order valence-electron chi connectivity index (χ3n) is 1.85. The van der Waals surface area contributed by atoms with E-state index in [-0.39, 0.29) is 0 Å². The number of anilines is 1. The molecule has 2 rings (SSSR count). The van der Waals surface area contributed by atoms with Crippen LogP contribution in [-0.2, 0) is 6.42 Å². The van der Waals surface area contributed by atoms with Crippen LogP contribution in [0.5, 0.6) is 0 Å². The molecule has 0 aliphatic carbocycles. The molecule has 0 aromatic carbocycles. The SMILES string of the molecule is CC.c1cc2c(cn1)NCCC2. The van der Waals surface area contributed by atoms with Gasteiger partial charge in [-0.3, -0.25) is 4.98 Å². The van der Waals surface area contributed by atoms with Gasteiger partial charge in [0.1, 0.15) is 0 Å². The fraction of sp³-hybridized carbons (Fsp3) is 0.500. The number of nitrogens with one attached hydrogen (secondary N) is 1. The molecule has 2 heteroatoms. The number of pyridine rings is 1. The maximum Gasteiger partial charge on any atom is 0.0559 e. The highest BCUT2D eigenvalue weighted by Crippen LogP contribution is 2.18. The first kappa shape index (κ1) is 9.04. The Morgan fingerprint density at radius 2 is 2.25 bits per heavy atom. The zero-order valence-corrected chi connectivity index (χ0v) is 7.80. The molecule has 0 atom stereocenters. The molecule has 1 aliphatic rings. The van der Waals surface area contributed by atoms with E-state index in [1.54, 1.807) is 0 Å². The molecule has 1 aliphatic heterocycles. The van der Waals surface area contributed by atoms with Gasteiger partial charge in [-0.15, -0.1) is 0 Å². The summed E-state index contributed by atoms with van der Waals surface area (Å²) in [4.78, 5) is 4.04. The maximum absolute atomic E-state index is 4.04. The third-order valence-corrected chi connectivity index (χ3v) is 1.85. The Morgan fingerprint density at radius 1 is 1.42 bits per heavy atom. The van der Waals surface area contributed by atoms with Crippen molar-refractivity contribution < 1.29 is 0 Å². The first-order valence-corrected chi connectivity index (χ1v) is 4.63. The number of hydrogen-bond acceptors (Lipinski definition) is 2. The average Bonchev–Trinajstić information content (AvgIpc) is 2.21. The molecule has 2 heterocycles. The van der Waals surface area contributed by atoms with E-state index in [0.717, 1.165) is 6.54 Å². The molecule has 0 saturated heterocycles. The Balaban J connectivity index is 0.000000336. The largest absolute Gasteiger partial charge is 0.384 e. The van der Waals surface area contributed by atoms with Crippen LogP contribution in [0, 0.1) is 0 Å². The first-order chi connectivity index (χ1) is 5.97. The summed E-state index contributed by atoms with van der Waals surface area (Å²) in [7, 11) is 0. The van der Waals surface area contributed by atoms with Crippen molar-refractivity contribution >= 4 is 5.69 Å². The van der Waals surface area contributed by atoms with E-state index >= 15 is 0 Å². The second-order valence-corrected chi connectivity index (χ2v) is 2.56. The molecule has 1 aromatic heterocycles. The molecule has 0 spiro atoms. The molecular weight excluding hydrogens is 148 g/mol. The molecule has 0 amide bonds. The number of aryl methyl sites for hydroxylation is 1. The van der Waals surface area contributed by atoms with Gasteiger partial charge in [0.05, 0.1) is 11.9 Å². The fourth-order valence-electron chi connectivity index (χ4n) is 1.30. The van der Waals surface area contributed by atoms with Crippen molar-refractivity contribution in [3.8, 4) is 0 Å². The summed E-state index contributed by atoms with van der Waals surface area (Å²) in [5.41, 5.74) is 2.62. The molecule has 0 saturated carbocycles. The second-order valence-electron chi connectivity index (χ2n) is 2.56. The normalized spacial score (nSPS) is 13.5. The number of hydrogen-bond donors (Lipinski definition) is 1. The van der Waals surface area contributed by atoms with E-state index in [1.807, 2.05) is 26.2 Å². The van der Waals surface area contributed by atoms with Crippen LogP contribution < -0.4 is 5.32 Å². The van der Waals surface area contributed by atoms with Gasteiger partial charge in [0.15, 0.2) is 0 Å². The van der Waals surface area contributed by atoms with Crippen molar-refractivity contribution in [3.63, 3.8) is 0 Å². The minimum Gasteiger partial charge on any atom is -0.384 e. The summed E-state index contributed by atoms with van der Waals surface area (Å²) in [6.45, 7) is 5.10. The van der Waals surface area contributed by atoms with E-state index in [2.05, 4.69) is 16.4 Å². The van der Waals surface area contributed by atoms with E-state index < -0.39 is 0 Å². The smallest absolute Gasteiger partial charge is 0.0559 e. The van der Waals surface area contributed by atoms with E-state index in [1.165, 1.54) is 24.1 Å². The fourth-order valence-corrected chi connectivity index (χ4v) is 1.30. The Hall–Kier alpha value is -1.05. The zero-order chi connectivity index (χ0) is 8.81.